The number of halogens is 1. The first kappa shape index (κ1) is 19.9. The van der Waals surface area contributed by atoms with E-state index in [0.29, 0.717) is 23.7 Å². The van der Waals surface area contributed by atoms with Crippen molar-refractivity contribution in [3.63, 3.8) is 0 Å². The molecule has 0 saturated heterocycles. The first-order valence-corrected chi connectivity index (χ1v) is 9.96. The minimum absolute atomic E-state index is 0.219. The van der Waals surface area contributed by atoms with Crippen LogP contribution in [0.3, 0.4) is 0 Å². The van der Waals surface area contributed by atoms with Gasteiger partial charge in [-0.1, -0.05) is 6.07 Å². The SMILES string of the molecule is COc1ccc(CNC(=O)c2nn(-c3ccc(F)cc3)c3c2CCCC3)cc1OC. The largest absolute Gasteiger partial charge is 0.493 e. The van der Waals surface area contributed by atoms with Gasteiger partial charge in [-0.25, -0.2) is 9.07 Å². The second-order valence-electron chi connectivity index (χ2n) is 7.24. The number of hydrogen-bond donors (Lipinski definition) is 1. The van der Waals surface area contributed by atoms with E-state index in [1.807, 2.05) is 18.2 Å². The van der Waals surface area contributed by atoms with E-state index in [1.165, 1.54) is 12.1 Å². The first-order chi connectivity index (χ1) is 14.6. The number of nitrogens with zero attached hydrogens (tertiary/aromatic N) is 2. The van der Waals surface area contributed by atoms with E-state index in [2.05, 4.69) is 10.4 Å². The van der Waals surface area contributed by atoms with Crippen LogP contribution in [0, 0.1) is 5.82 Å². The molecule has 0 fully saturated rings. The summed E-state index contributed by atoms with van der Waals surface area (Å²) < 4.78 is 25.7. The molecule has 4 rings (SSSR count). The summed E-state index contributed by atoms with van der Waals surface area (Å²) >= 11 is 0. The molecule has 1 aromatic heterocycles. The van der Waals surface area contributed by atoms with Crippen molar-refractivity contribution >= 4 is 5.91 Å². The maximum absolute atomic E-state index is 13.3. The molecular formula is C23H24FN3O3. The number of carbonyl (C=O) groups excluding carboxylic acids is 1. The number of rotatable bonds is 6. The Labute approximate surface area is 174 Å². The molecule has 0 unspecified atom stereocenters. The molecule has 0 spiro atoms. The van der Waals surface area contributed by atoms with Crippen LogP contribution in [0.1, 0.15) is 40.2 Å². The Morgan fingerprint density at radius 3 is 2.53 bits per heavy atom. The van der Waals surface area contributed by atoms with Crippen molar-refractivity contribution in [2.75, 3.05) is 14.2 Å². The van der Waals surface area contributed by atoms with E-state index in [9.17, 15) is 9.18 Å². The second-order valence-corrected chi connectivity index (χ2v) is 7.24. The predicted octanol–water partition coefficient (Wildman–Crippen LogP) is 3.84. The highest BCUT2D eigenvalue weighted by atomic mass is 19.1. The highest BCUT2D eigenvalue weighted by Crippen LogP contribution is 2.29. The maximum Gasteiger partial charge on any atom is 0.272 e. The molecule has 1 aliphatic rings. The summed E-state index contributed by atoms with van der Waals surface area (Å²) in [5.41, 5.74) is 4.11. The minimum Gasteiger partial charge on any atom is -0.493 e. The molecule has 1 amide bonds. The molecular weight excluding hydrogens is 385 g/mol. The molecule has 3 aromatic rings. The van der Waals surface area contributed by atoms with Gasteiger partial charge in [-0.05, 0) is 67.6 Å². The van der Waals surface area contributed by atoms with Crippen molar-refractivity contribution in [3.05, 3.63) is 70.8 Å². The van der Waals surface area contributed by atoms with Gasteiger partial charge in [0.15, 0.2) is 17.2 Å². The van der Waals surface area contributed by atoms with Crippen LogP contribution < -0.4 is 14.8 Å². The zero-order valence-corrected chi connectivity index (χ0v) is 17.1. The smallest absolute Gasteiger partial charge is 0.272 e. The van der Waals surface area contributed by atoms with E-state index in [-0.39, 0.29) is 11.7 Å². The molecule has 0 radical (unpaired) electrons. The lowest BCUT2D eigenvalue weighted by Crippen LogP contribution is -2.24. The third-order valence-corrected chi connectivity index (χ3v) is 5.37. The van der Waals surface area contributed by atoms with Crippen molar-refractivity contribution in [2.24, 2.45) is 0 Å². The van der Waals surface area contributed by atoms with Crippen LogP contribution in [0.15, 0.2) is 42.5 Å². The number of amides is 1. The molecule has 2 aromatic carbocycles. The van der Waals surface area contributed by atoms with Crippen molar-refractivity contribution in [1.29, 1.82) is 0 Å². The third-order valence-electron chi connectivity index (χ3n) is 5.37. The first-order valence-electron chi connectivity index (χ1n) is 9.96. The maximum atomic E-state index is 13.3. The third kappa shape index (κ3) is 3.87. The molecule has 0 aliphatic heterocycles. The van der Waals surface area contributed by atoms with Gasteiger partial charge in [0.2, 0.25) is 0 Å². The Morgan fingerprint density at radius 1 is 1.07 bits per heavy atom. The molecule has 1 N–H and O–H groups in total. The Balaban J connectivity index is 1.58. The molecule has 1 aliphatic carbocycles. The average Bonchev–Trinajstić information content (AvgIpc) is 3.17. The van der Waals surface area contributed by atoms with Crippen LogP contribution in [0.5, 0.6) is 11.5 Å². The van der Waals surface area contributed by atoms with Gasteiger partial charge in [-0.3, -0.25) is 4.79 Å². The predicted molar refractivity (Wildman–Crippen MR) is 111 cm³/mol. The van der Waals surface area contributed by atoms with Crippen LogP contribution in [0.4, 0.5) is 4.39 Å². The Kier molecular flexibility index (Phi) is 5.70. The zero-order chi connectivity index (χ0) is 21.1. The fourth-order valence-electron chi connectivity index (χ4n) is 3.83. The summed E-state index contributed by atoms with van der Waals surface area (Å²) in [6.07, 6.45) is 3.74. The summed E-state index contributed by atoms with van der Waals surface area (Å²) in [7, 11) is 3.16. The summed E-state index contributed by atoms with van der Waals surface area (Å²) in [6, 6.07) is 11.7. The van der Waals surface area contributed by atoms with Crippen molar-refractivity contribution in [3.8, 4) is 17.2 Å². The molecule has 7 heteroatoms. The number of ether oxygens (including phenoxy) is 2. The van der Waals surface area contributed by atoms with E-state index in [0.717, 1.165) is 48.2 Å². The molecule has 30 heavy (non-hydrogen) atoms. The average molecular weight is 409 g/mol. The van der Waals surface area contributed by atoms with Gasteiger partial charge in [-0.15, -0.1) is 0 Å². The van der Waals surface area contributed by atoms with E-state index in [4.69, 9.17) is 9.47 Å². The van der Waals surface area contributed by atoms with Gasteiger partial charge in [0.1, 0.15) is 5.82 Å². The quantitative estimate of drug-likeness (QED) is 0.672. The van der Waals surface area contributed by atoms with Gasteiger partial charge >= 0.3 is 0 Å². The van der Waals surface area contributed by atoms with Gasteiger partial charge in [0.05, 0.1) is 19.9 Å². The van der Waals surface area contributed by atoms with E-state index >= 15 is 0 Å². The van der Waals surface area contributed by atoms with Crippen LogP contribution in [0.25, 0.3) is 5.69 Å². The van der Waals surface area contributed by atoms with Gasteiger partial charge in [0.25, 0.3) is 5.91 Å². The molecule has 0 saturated carbocycles. The number of carbonyl (C=O) groups is 1. The molecule has 156 valence electrons. The van der Waals surface area contributed by atoms with E-state index < -0.39 is 0 Å². The normalized spacial score (nSPS) is 12.9. The highest BCUT2D eigenvalue weighted by molar-refractivity contribution is 5.94. The van der Waals surface area contributed by atoms with Crippen molar-refractivity contribution < 1.29 is 18.7 Å². The summed E-state index contributed by atoms with van der Waals surface area (Å²) in [5, 5.41) is 7.56. The Morgan fingerprint density at radius 2 is 1.80 bits per heavy atom. The summed E-state index contributed by atoms with van der Waals surface area (Å²) in [5.74, 6) is 0.735. The number of methoxy groups -OCH3 is 2. The number of hydrogen-bond acceptors (Lipinski definition) is 4. The number of nitrogens with one attached hydrogen (secondary N) is 1. The lowest BCUT2D eigenvalue weighted by atomic mass is 9.95. The minimum atomic E-state index is -0.298. The van der Waals surface area contributed by atoms with Crippen LogP contribution in [-0.4, -0.2) is 29.9 Å². The zero-order valence-electron chi connectivity index (χ0n) is 17.1. The van der Waals surface area contributed by atoms with Crippen molar-refractivity contribution in [2.45, 2.75) is 32.2 Å². The van der Waals surface area contributed by atoms with Crippen LogP contribution in [0.2, 0.25) is 0 Å². The molecule has 6 nitrogen and oxygen atoms in total. The fourth-order valence-corrected chi connectivity index (χ4v) is 3.83. The second kappa shape index (κ2) is 8.57. The fraction of sp³-hybridized carbons (Fsp3) is 0.304. The van der Waals surface area contributed by atoms with Crippen LogP contribution in [-0.2, 0) is 19.4 Å². The Hall–Kier alpha value is -3.35. The van der Waals surface area contributed by atoms with Gasteiger partial charge in [0, 0.05) is 17.8 Å². The standard InChI is InChI=1S/C23H24FN3O3/c1-29-20-12-7-15(13-21(20)30-2)14-25-23(28)22-18-5-3-4-6-19(18)27(26-22)17-10-8-16(24)9-11-17/h7-13H,3-6,14H2,1-2H3,(H,25,28). The Bertz CT molecular complexity index is 1060. The highest BCUT2D eigenvalue weighted by Gasteiger charge is 2.25. The summed E-state index contributed by atoms with van der Waals surface area (Å²) in [6.45, 7) is 0.345. The lowest BCUT2D eigenvalue weighted by molar-refractivity contribution is 0.0944. The van der Waals surface area contributed by atoms with Crippen LogP contribution >= 0.6 is 0 Å². The van der Waals surface area contributed by atoms with E-state index in [1.54, 1.807) is 31.0 Å². The molecule has 1 heterocycles. The van der Waals surface area contributed by atoms with Crippen molar-refractivity contribution in [1.82, 2.24) is 15.1 Å². The molecule has 0 atom stereocenters. The number of aromatic nitrogens is 2. The van der Waals surface area contributed by atoms with Gasteiger partial charge in [-0.2, -0.15) is 5.10 Å². The topological polar surface area (TPSA) is 65.4 Å². The van der Waals surface area contributed by atoms with Gasteiger partial charge < -0.3 is 14.8 Å². The number of benzene rings is 2. The molecule has 0 bridgehead atoms. The monoisotopic (exact) mass is 409 g/mol. The lowest BCUT2D eigenvalue weighted by Gasteiger charge is -2.14. The summed E-state index contributed by atoms with van der Waals surface area (Å²) in [4.78, 5) is 13.0. The number of fused-ring (bicyclic) bond motifs is 1.